The van der Waals surface area contributed by atoms with Crippen molar-refractivity contribution in [1.82, 2.24) is 5.32 Å². The highest BCUT2D eigenvalue weighted by Crippen LogP contribution is 2.27. The highest BCUT2D eigenvalue weighted by atomic mass is 35.5. The largest absolute Gasteiger partial charge is 0.497 e. The van der Waals surface area contributed by atoms with Gasteiger partial charge in [-0.15, -0.1) is 0 Å². The van der Waals surface area contributed by atoms with E-state index in [1.807, 2.05) is 20.8 Å². The van der Waals surface area contributed by atoms with Gasteiger partial charge in [-0.05, 0) is 55.3 Å². The number of carbonyl (C=O) groups is 1. The minimum Gasteiger partial charge on any atom is -0.497 e. The molecule has 0 radical (unpaired) electrons. The number of nitrogens with zero attached hydrogens (tertiary/aromatic N) is 1. The van der Waals surface area contributed by atoms with E-state index in [0.717, 1.165) is 4.31 Å². The standard InChI is InChI=1S/C20H25ClN2O4S/c1-13(2)14(3)22-20(24)18-12-17(10-11-19(18)21)28(25,26)23(4)15-6-8-16(27-5)9-7-15/h6-14H,1-5H3,(H,22,24). The number of methoxy groups -OCH3 is 1. The fourth-order valence-corrected chi connectivity index (χ4v) is 3.80. The Hall–Kier alpha value is -2.25. The van der Waals surface area contributed by atoms with E-state index in [4.69, 9.17) is 16.3 Å². The Morgan fingerprint density at radius 2 is 1.71 bits per heavy atom. The van der Waals surface area contributed by atoms with Gasteiger partial charge in [0, 0.05) is 13.1 Å². The number of anilines is 1. The molecule has 0 fully saturated rings. The summed E-state index contributed by atoms with van der Waals surface area (Å²) in [4.78, 5) is 12.5. The van der Waals surface area contributed by atoms with Crippen LogP contribution < -0.4 is 14.4 Å². The van der Waals surface area contributed by atoms with Crippen molar-refractivity contribution < 1.29 is 17.9 Å². The Kier molecular flexibility index (Phi) is 6.96. The van der Waals surface area contributed by atoms with Crippen LogP contribution in [0.1, 0.15) is 31.1 Å². The smallest absolute Gasteiger partial charge is 0.264 e. The van der Waals surface area contributed by atoms with Crippen LogP contribution in [0.15, 0.2) is 47.4 Å². The molecule has 1 N–H and O–H groups in total. The average Bonchev–Trinajstić information content (AvgIpc) is 2.67. The lowest BCUT2D eigenvalue weighted by Crippen LogP contribution is -2.36. The molecule has 0 spiro atoms. The van der Waals surface area contributed by atoms with Crippen molar-refractivity contribution in [3.05, 3.63) is 53.1 Å². The van der Waals surface area contributed by atoms with Crippen LogP contribution in [0.2, 0.25) is 5.02 Å². The van der Waals surface area contributed by atoms with Gasteiger partial charge < -0.3 is 10.1 Å². The first-order valence-corrected chi connectivity index (χ1v) is 10.6. The second-order valence-corrected chi connectivity index (χ2v) is 9.19. The number of rotatable bonds is 7. The van der Waals surface area contributed by atoms with Crippen LogP contribution in [0.4, 0.5) is 5.69 Å². The van der Waals surface area contributed by atoms with Crippen molar-refractivity contribution in [3.8, 4) is 5.75 Å². The van der Waals surface area contributed by atoms with Crippen LogP contribution in [0.3, 0.4) is 0 Å². The Bertz CT molecular complexity index is 943. The summed E-state index contributed by atoms with van der Waals surface area (Å²) in [5.74, 6) is 0.450. The van der Waals surface area contributed by atoms with E-state index in [1.165, 1.54) is 32.4 Å². The fraction of sp³-hybridized carbons (Fsp3) is 0.350. The zero-order valence-corrected chi connectivity index (χ0v) is 18.1. The molecular weight excluding hydrogens is 400 g/mol. The SMILES string of the molecule is COc1ccc(N(C)S(=O)(=O)c2ccc(Cl)c(C(=O)NC(C)C(C)C)c2)cc1. The van der Waals surface area contributed by atoms with Crippen LogP contribution in [0.5, 0.6) is 5.75 Å². The second-order valence-electron chi connectivity index (χ2n) is 6.82. The van der Waals surface area contributed by atoms with Crippen molar-refractivity contribution in [3.63, 3.8) is 0 Å². The van der Waals surface area contributed by atoms with Gasteiger partial charge in [-0.1, -0.05) is 25.4 Å². The van der Waals surface area contributed by atoms with Crippen LogP contribution >= 0.6 is 11.6 Å². The number of carbonyl (C=O) groups excluding carboxylic acids is 1. The summed E-state index contributed by atoms with van der Waals surface area (Å²) in [7, 11) is -0.887. The number of nitrogens with one attached hydrogen (secondary N) is 1. The predicted molar refractivity (Wildman–Crippen MR) is 112 cm³/mol. The summed E-state index contributed by atoms with van der Waals surface area (Å²) < 4.78 is 32.3. The van der Waals surface area contributed by atoms with Crippen molar-refractivity contribution in [2.24, 2.45) is 5.92 Å². The molecule has 0 aliphatic carbocycles. The summed E-state index contributed by atoms with van der Waals surface area (Å²) in [6.07, 6.45) is 0. The third-order valence-electron chi connectivity index (χ3n) is 4.64. The third-order valence-corrected chi connectivity index (χ3v) is 6.75. The molecule has 0 bridgehead atoms. The molecule has 0 aromatic heterocycles. The zero-order valence-electron chi connectivity index (χ0n) is 16.6. The number of halogens is 1. The fourth-order valence-electron chi connectivity index (χ4n) is 2.38. The van der Waals surface area contributed by atoms with Gasteiger partial charge in [0.2, 0.25) is 0 Å². The maximum Gasteiger partial charge on any atom is 0.264 e. The highest BCUT2D eigenvalue weighted by molar-refractivity contribution is 7.92. The molecule has 28 heavy (non-hydrogen) atoms. The molecule has 152 valence electrons. The zero-order chi connectivity index (χ0) is 21.1. The van der Waals surface area contributed by atoms with E-state index in [-0.39, 0.29) is 27.4 Å². The summed E-state index contributed by atoms with van der Waals surface area (Å²) >= 11 is 6.15. The average molecular weight is 425 g/mol. The minimum absolute atomic E-state index is 0.0161. The lowest BCUT2D eigenvalue weighted by atomic mass is 10.1. The number of hydrogen-bond donors (Lipinski definition) is 1. The van der Waals surface area contributed by atoms with Crippen molar-refractivity contribution in [1.29, 1.82) is 0 Å². The second kappa shape index (κ2) is 8.84. The highest BCUT2D eigenvalue weighted by Gasteiger charge is 2.24. The number of sulfonamides is 1. The Morgan fingerprint density at radius 1 is 1.11 bits per heavy atom. The molecule has 0 saturated carbocycles. The van der Waals surface area contributed by atoms with E-state index >= 15 is 0 Å². The van der Waals surface area contributed by atoms with Crippen molar-refractivity contribution in [2.75, 3.05) is 18.5 Å². The van der Waals surface area contributed by atoms with Gasteiger partial charge in [0.25, 0.3) is 15.9 Å². The first kappa shape index (κ1) is 22.0. The molecule has 0 heterocycles. The molecule has 2 aromatic carbocycles. The van der Waals surface area contributed by atoms with Gasteiger partial charge in [-0.3, -0.25) is 9.10 Å². The molecule has 2 rings (SSSR count). The molecule has 0 aliphatic heterocycles. The molecule has 0 aliphatic rings. The molecule has 2 aromatic rings. The molecule has 1 atom stereocenters. The van der Waals surface area contributed by atoms with Crippen molar-refractivity contribution in [2.45, 2.75) is 31.7 Å². The maximum absolute atomic E-state index is 13.0. The topological polar surface area (TPSA) is 75.7 Å². The van der Waals surface area contributed by atoms with Crippen LogP contribution in [0.25, 0.3) is 0 Å². The number of amides is 1. The normalized spacial score (nSPS) is 12.5. The summed E-state index contributed by atoms with van der Waals surface area (Å²) in [6, 6.07) is 10.7. The van der Waals surface area contributed by atoms with E-state index in [9.17, 15) is 13.2 Å². The van der Waals surface area contributed by atoms with E-state index in [2.05, 4.69) is 5.32 Å². The molecule has 1 unspecified atom stereocenters. The molecule has 6 nitrogen and oxygen atoms in total. The van der Waals surface area contributed by atoms with Crippen LogP contribution in [-0.4, -0.2) is 34.5 Å². The lowest BCUT2D eigenvalue weighted by molar-refractivity contribution is 0.0930. The van der Waals surface area contributed by atoms with Gasteiger partial charge in [0.1, 0.15) is 5.75 Å². The maximum atomic E-state index is 13.0. The summed E-state index contributed by atoms with van der Waals surface area (Å²) in [5.41, 5.74) is 0.591. The van der Waals surface area contributed by atoms with E-state index < -0.39 is 15.9 Å². The number of benzene rings is 2. The first-order chi connectivity index (χ1) is 13.1. The van der Waals surface area contributed by atoms with Gasteiger partial charge >= 0.3 is 0 Å². The van der Waals surface area contributed by atoms with Crippen LogP contribution in [-0.2, 0) is 10.0 Å². The minimum atomic E-state index is -3.88. The molecule has 8 heteroatoms. The van der Waals surface area contributed by atoms with Gasteiger partial charge in [0.05, 0.1) is 28.3 Å². The molecule has 1 amide bonds. The summed E-state index contributed by atoms with van der Waals surface area (Å²) in [6.45, 7) is 5.85. The Balaban J connectivity index is 2.36. The van der Waals surface area contributed by atoms with Crippen molar-refractivity contribution >= 4 is 33.2 Å². The summed E-state index contributed by atoms with van der Waals surface area (Å²) in [5, 5.41) is 3.04. The Morgan fingerprint density at radius 3 is 2.25 bits per heavy atom. The van der Waals surface area contributed by atoms with Crippen LogP contribution in [0, 0.1) is 5.92 Å². The van der Waals surface area contributed by atoms with E-state index in [1.54, 1.807) is 24.3 Å². The monoisotopic (exact) mass is 424 g/mol. The third kappa shape index (κ3) is 4.77. The number of ether oxygens (including phenoxy) is 1. The van der Waals surface area contributed by atoms with Gasteiger partial charge in [-0.2, -0.15) is 0 Å². The van der Waals surface area contributed by atoms with Gasteiger partial charge in [0.15, 0.2) is 0 Å². The predicted octanol–water partition coefficient (Wildman–Crippen LogP) is 3.95. The van der Waals surface area contributed by atoms with Gasteiger partial charge in [-0.25, -0.2) is 8.42 Å². The molecular formula is C20H25ClN2O4S. The quantitative estimate of drug-likeness (QED) is 0.730. The molecule has 0 saturated heterocycles. The lowest BCUT2D eigenvalue weighted by Gasteiger charge is -2.21. The Labute approximate surface area is 171 Å². The first-order valence-electron chi connectivity index (χ1n) is 8.81. The van der Waals surface area contributed by atoms with E-state index in [0.29, 0.717) is 11.4 Å². The number of hydrogen-bond acceptors (Lipinski definition) is 4.